The second-order valence-corrected chi connectivity index (χ2v) is 5.37. The number of sulfone groups is 1. The van der Waals surface area contributed by atoms with E-state index in [9.17, 15) is 8.42 Å². The van der Waals surface area contributed by atoms with Crippen molar-refractivity contribution in [2.24, 2.45) is 5.92 Å². The van der Waals surface area contributed by atoms with Gasteiger partial charge in [0.05, 0.1) is 17.5 Å². The SMILES string of the molecule is CC1CS(=O)(=O)CCC1[NH3+]. The molecule has 1 fully saturated rings. The molecule has 60 valence electrons. The molecule has 2 unspecified atom stereocenters. The second-order valence-electron chi connectivity index (χ2n) is 3.14. The van der Waals surface area contributed by atoms with Crippen molar-refractivity contribution in [2.75, 3.05) is 11.5 Å². The molecule has 0 amide bonds. The van der Waals surface area contributed by atoms with Crippen LogP contribution in [0.3, 0.4) is 0 Å². The van der Waals surface area contributed by atoms with Gasteiger partial charge in [0.15, 0.2) is 9.84 Å². The fourth-order valence-electron chi connectivity index (χ4n) is 1.24. The summed E-state index contributed by atoms with van der Waals surface area (Å²) in [5, 5.41) is 0. The van der Waals surface area contributed by atoms with Gasteiger partial charge < -0.3 is 5.73 Å². The number of hydrogen-bond acceptors (Lipinski definition) is 2. The van der Waals surface area contributed by atoms with Crippen LogP contribution in [0.15, 0.2) is 0 Å². The molecular weight excluding hydrogens is 150 g/mol. The van der Waals surface area contributed by atoms with Crippen molar-refractivity contribution in [3.05, 3.63) is 0 Å². The zero-order chi connectivity index (χ0) is 7.78. The van der Waals surface area contributed by atoms with Gasteiger partial charge in [-0.1, -0.05) is 6.92 Å². The molecule has 0 aromatic heterocycles. The van der Waals surface area contributed by atoms with Gasteiger partial charge in [-0.2, -0.15) is 0 Å². The fraction of sp³-hybridized carbons (Fsp3) is 1.00. The topological polar surface area (TPSA) is 61.8 Å². The molecule has 0 spiro atoms. The summed E-state index contributed by atoms with van der Waals surface area (Å²) in [7, 11) is -2.70. The maximum Gasteiger partial charge on any atom is 0.151 e. The van der Waals surface area contributed by atoms with Crippen molar-refractivity contribution in [1.29, 1.82) is 0 Å². The summed E-state index contributed by atoms with van der Waals surface area (Å²) in [6.45, 7) is 1.95. The summed E-state index contributed by atoms with van der Waals surface area (Å²) in [6, 6.07) is 0.337. The lowest BCUT2D eigenvalue weighted by Crippen LogP contribution is -2.66. The summed E-state index contributed by atoms with van der Waals surface area (Å²) in [6.07, 6.45) is 0.740. The van der Waals surface area contributed by atoms with E-state index < -0.39 is 9.84 Å². The molecule has 1 rings (SSSR count). The zero-order valence-corrected chi connectivity index (χ0v) is 7.02. The van der Waals surface area contributed by atoms with Gasteiger partial charge in [0, 0.05) is 12.3 Å². The first-order valence-corrected chi connectivity index (χ1v) is 5.37. The first-order chi connectivity index (χ1) is 4.51. The number of hydrogen-bond donors (Lipinski definition) is 1. The van der Waals surface area contributed by atoms with Crippen molar-refractivity contribution >= 4 is 9.84 Å². The molecule has 0 saturated carbocycles. The van der Waals surface area contributed by atoms with Gasteiger partial charge in [0.2, 0.25) is 0 Å². The molecule has 1 saturated heterocycles. The summed E-state index contributed by atoms with van der Waals surface area (Å²) in [5.41, 5.74) is 3.88. The van der Waals surface area contributed by atoms with E-state index in [0.29, 0.717) is 17.5 Å². The minimum Gasteiger partial charge on any atom is -0.355 e. The highest BCUT2D eigenvalue weighted by molar-refractivity contribution is 7.91. The number of quaternary nitrogens is 1. The van der Waals surface area contributed by atoms with E-state index in [4.69, 9.17) is 0 Å². The van der Waals surface area contributed by atoms with E-state index in [1.54, 1.807) is 0 Å². The molecule has 0 aromatic rings. The Morgan fingerprint density at radius 3 is 2.50 bits per heavy atom. The average Bonchev–Trinajstić information content (AvgIpc) is 1.79. The Morgan fingerprint density at radius 1 is 1.50 bits per heavy atom. The maximum atomic E-state index is 11.0. The Labute approximate surface area is 61.5 Å². The summed E-state index contributed by atoms with van der Waals surface area (Å²) >= 11 is 0. The molecule has 1 aliphatic heterocycles. The lowest BCUT2D eigenvalue weighted by Gasteiger charge is -2.21. The maximum absolute atomic E-state index is 11.0. The van der Waals surface area contributed by atoms with E-state index in [2.05, 4.69) is 5.73 Å². The highest BCUT2D eigenvalue weighted by Gasteiger charge is 2.29. The quantitative estimate of drug-likeness (QED) is 0.502. The molecule has 3 nitrogen and oxygen atoms in total. The average molecular weight is 164 g/mol. The Kier molecular flexibility index (Phi) is 2.01. The molecule has 3 N–H and O–H groups in total. The van der Waals surface area contributed by atoms with Crippen LogP contribution in [-0.2, 0) is 9.84 Å². The van der Waals surface area contributed by atoms with Gasteiger partial charge >= 0.3 is 0 Å². The molecular formula is C6H14NO2S+. The molecule has 1 heterocycles. The summed E-state index contributed by atoms with van der Waals surface area (Å²) in [5.74, 6) is 0.922. The molecule has 0 aromatic carbocycles. The minimum absolute atomic E-state index is 0.249. The van der Waals surface area contributed by atoms with E-state index in [-0.39, 0.29) is 5.92 Å². The molecule has 0 radical (unpaired) electrons. The van der Waals surface area contributed by atoms with Gasteiger partial charge in [-0.3, -0.25) is 0 Å². The van der Waals surface area contributed by atoms with Gasteiger partial charge in [0.1, 0.15) is 0 Å². The fourth-order valence-corrected chi connectivity index (χ4v) is 3.14. The van der Waals surface area contributed by atoms with Crippen molar-refractivity contribution in [3.8, 4) is 0 Å². The zero-order valence-electron chi connectivity index (χ0n) is 6.21. The van der Waals surface area contributed by atoms with Crippen LogP contribution in [0, 0.1) is 5.92 Å². The third-order valence-corrected chi connectivity index (χ3v) is 4.01. The standard InChI is InChI=1S/C6H13NO2S/c1-5-4-10(8,9)3-2-6(5)7/h5-6H,2-4,7H2,1H3/p+1. The van der Waals surface area contributed by atoms with Crippen molar-refractivity contribution in [1.82, 2.24) is 0 Å². The Balaban J connectivity index is 2.66. The van der Waals surface area contributed by atoms with Crippen LogP contribution in [-0.4, -0.2) is 26.0 Å². The first-order valence-electron chi connectivity index (χ1n) is 3.55. The van der Waals surface area contributed by atoms with Crippen LogP contribution >= 0.6 is 0 Å². The predicted octanol–water partition coefficient (Wildman–Crippen LogP) is -0.948. The van der Waals surface area contributed by atoms with Crippen LogP contribution in [0.2, 0.25) is 0 Å². The smallest absolute Gasteiger partial charge is 0.151 e. The lowest BCUT2D eigenvalue weighted by atomic mass is 10.0. The van der Waals surface area contributed by atoms with Gasteiger partial charge in [-0.25, -0.2) is 8.42 Å². The van der Waals surface area contributed by atoms with Gasteiger partial charge in [-0.15, -0.1) is 0 Å². The monoisotopic (exact) mass is 164 g/mol. The van der Waals surface area contributed by atoms with Gasteiger partial charge in [0.25, 0.3) is 0 Å². The predicted molar refractivity (Wildman–Crippen MR) is 39.1 cm³/mol. The second kappa shape index (κ2) is 2.51. The van der Waals surface area contributed by atoms with Crippen LogP contribution in [0.5, 0.6) is 0 Å². The molecule has 10 heavy (non-hydrogen) atoms. The van der Waals surface area contributed by atoms with Crippen molar-refractivity contribution in [2.45, 2.75) is 19.4 Å². The van der Waals surface area contributed by atoms with Crippen LogP contribution in [0.25, 0.3) is 0 Å². The van der Waals surface area contributed by atoms with E-state index in [1.807, 2.05) is 6.92 Å². The minimum atomic E-state index is -2.70. The van der Waals surface area contributed by atoms with Crippen molar-refractivity contribution < 1.29 is 14.2 Å². The molecule has 2 atom stereocenters. The van der Waals surface area contributed by atoms with Crippen LogP contribution in [0.1, 0.15) is 13.3 Å². The highest BCUT2D eigenvalue weighted by atomic mass is 32.2. The van der Waals surface area contributed by atoms with E-state index in [1.165, 1.54) is 0 Å². The molecule has 1 aliphatic rings. The van der Waals surface area contributed by atoms with Crippen LogP contribution in [0.4, 0.5) is 0 Å². The Morgan fingerprint density at radius 2 is 2.10 bits per heavy atom. The van der Waals surface area contributed by atoms with E-state index >= 15 is 0 Å². The van der Waals surface area contributed by atoms with Gasteiger partial charge in [-0.05, 0) is 0 Å². The van der Waals surface area contributed by atoms with Crippen LogP contribution < -0.4 is 5.73 Å². The normalized spacial score (nSPS) is 39.4. The first kappa shape index (κ1) is 8.01. The lowest BCUT2D eigenvalue weighted by molar-refractivity contribution is -0.431. The molecule has 0 aliphatic carbocycles. The molecule has 4 heteroatoms. The third-order valence-electron chi connectivity index (χ3n) is 2.12. The van der Waals surface area contributed by atoms with Crippen molar-refractivity contribution in [3.63, 3.8) is 0 Å². The van der Waals surface area contributed by atoms with E-state index in [0.717, 1.165) is 6.42 Å². The third kappa shape index (κ3) is 1.70. The molecule has 0 bridgehead atoms. The summed E-state index contributed by atoms with van der Waals surface area (Å²) < 4.78 is 22.0. The highest BCUT2D eigenvalue weighted by Crippen LogP contribution is 2.14. The largest absolute Gasteiger partial charge is 0.355 e. The number of rotatable bonds is 0. The Bertz CT molecular complexity index is 210. The Hall–Kier alpha value is -0.0900. The summed E-state index contributed by atoms with van der Waals surface area (Å²) in [4.78, 5) is 0.